The molecule has 4 rings (SSSR count). The molecule has 2 heterocycles. The van der Waals surface area contributed by atoms with Gasteiger partial charge in [-0.15, -0.1) is 0 Å². The Morgan fingerprint density at radius 3 is 2.69 bits per heavy atom. The van der Waals surface area contributed by atoms with Crippen molar-refractivity contribution in [3.05, 3.63) is 77.9 Å². The molecule has 0 aliphatic carbocycles. The van der Waals surface area contributed by atoms with Crippen LogP contribution in [-0.4, -0.2) is 16.8 Å². The first kappa shape index (κ1) is 18.6. The zero-order valence-corrected chi connectivity index (χ0v) is 15.5. The third-order valence-corrected chi connectivity index (χ3v) is 4.87. The van der Waals surface area contributed by atoms with Crippen molar-refractivity contribution in [2.75, 3.05) is 10.6 Å². The van der Waals surface area contributed by atoms with Crippen molar-refractivity contribution in [3.8, 4) is 11.1 Å². The summed E-state index contributed by atoms with van der Waals surface area (Å²) < 4.78 is 14.7. The summed E-state index contributed by atoms with van der Waals surface area (Å²) in [7, 11) is 0. The quantitative estimate of drug-likeness (QED) is 0.622. The normalized spacial score (nSPS) is 13.9. The molecule has 1 aromatic heterocycles. The van der Waals surface area contributed by atoms with Crippen LogP contribution >= 0.6 is 0 Å². The Bertz CT molecular complexity index is 1090. The summed E-state index contributed by atoms with van der Waals surface area (Å²) in [6, 6.07) is 13.1. The first-order valence-corrected chi connectivity index (χ1v) is 9.20. The minimum absolute atomic E-state index is 0.115. The zero-order chi connectivity index (χ0) is 20.4. The lowest BCUT2D eigenvalue weighted by molar-refractivity contribution is -0.119. The van der Waals surface area contributed by atoms with Crippen LogP contribution in [-0.2, 0) is 16.0 Å². The van der Waals surface area contributed by atoms with Gasteiger partial charge in [0.25, 0.3) is 0 Å². The van der Waals surface area contributed by atoms with Crippen LogP contribution in [0.5, 0.6) is 0 Å². The van der Waals surface area contributed by atoms with E-state index in [0.29, 0.717) is 35.3 Å². The number of aryl methyl sites for hydroxylation is 1. The average molecular weight is 390 g/mol. The van der Waals surface area contributed by atoms with Gasteiger partial charge < -0.3 is 16.4 Å². The predicted molar refractivity (Wildman–Crippen MR) is 109 cm³/mol. The Morgan fingerprint density at radius 2 is 1.93 bits per heavy atom. The number of rotatable bonds is 5. The summed E-state index contributed by atoms with van der Waals surface area (Å²) in [5, 5.41) is 5.77. The highest BCUT2D eigenvalue weighted by Gasteiger charge is 2.20. The number of anilines is 2. The molecule has 1 aliphatic rings. The van der Waals surface area contributed by atoms with Crippen LogP contribution in [0.1, 0.15) is 23.6 Å². The fourth-order valence-electron chi connectivity index (χ4n) is 3.42. The molecule has 146 valence electrons. The lowest BCUT2D eigenvalue weighted by Gasteiger charge is -2.19. The summed E-state index contributed by atoms with van der Waals surface area (Å²) in [5.41, 5.74) is 9.14. The van der Waals surface area contributed by atoms with E-state index in [1.54, 1.807) is 36.7 Å². The summed E-state index contributed by atoms with van der Waals surface area (Å²) in [6.45, 7) is 0. The molecule has 0 bridgehead atoms. The molecule has 6 nitrogen and oxygen atoms in total. The van der Waals surface area contributed by atoms with E-state index in [0.717, 1.165) is 11.1 Å². The molecule has 1 unspecified atom stereocenters. The Labute approximate surface area is 167 Å². The van der Waals surface area contributed by atoms with E-state index in [1.165, 1.54) is 6.07 Å². The zero-order valence-electron chi connectivity index (χ0n) is 15.5. The smallest absolute Gasteiger partial charge is 0.244 e. The van der Waals surface area contributed by atoms with Gasteiger partial charge in [-0.25, -0.2) is 4.39 Å². The van der Waals surface area contributed by atoms with Crippen LogP contribution < -0.4 is 16.4 Å². The van der Waals surface area contributed by atoms with Gasteiger partial charge in [0.05, 0.1) is 11.9 Å². The number of nitrogens with zero attached hydrogens (tertiary/aromatic N) is 1. The van der Waals surface area contributed by atoms with Gasteiger partial charge in [0, 0.05) is 29.4 Å². The van der Waals surface area contributed by atoms with Crippen molar-refractivity contribution in [1.29, 1.82) is 0 Å². The fraction of sp³-hybridized carbons (Fsp3) is 0.136. The number of aromatic nitrogens is 1. The Balaban J connectivity index is 1.66. The highest BCUT2D eigenvalue weighted by molar-refractivity contribution is 5.94. The molecule has 0 saturated carbocycles. The lowest BCUT2D eigenvalue weighted by atomic mass is 9.97. The van der Waals surface area contributed by atoms with Crippen molar-refractivity contribution in [2.45, 2.75) is 18.9 Å². The van der Waals surface area contributed by atoms with E-state index < -0.39 is 17.8 Å². The summed E-state index contributed by atoms with van der Waals surface area (Å²) in [5.74, 6) is -1.10. The minimum Gasteiger partial charge on any atom is -0.369 e. The van der Waals surface area contributed by atoms with Crippen LogP contribution in [0, 0.1) is 5.82 Å². The van der Waals surface area contributed by atoms with Gasteiger partial charge in [-0.1, -0.05) is 30.3 Å². The van der Waals surface area contributed by atoms with Gasteiger partial charge in [0.2, 0.25) is 11.8 Å². The Morgan fingerprint density at radius 1 is 1.14 bits per heavy atom. The number of primary amides is 1. The molecule has 1 atom stereocenters. The molecule has 0 spiro atoms. The van der Waals surface area contributed by atoms with Crippen LogP contribution in [0.2, 0.25) is 0 Å². The maximum atomic E-state index is 14.7. The third-order valence-electron chi connectivity index (χ3n) is 4.87. The molecule has 2 amide bonds. The summed E-state index contributed by atoms with van der Waals surface area (Å²) in [4.78, 5) is 27.6. The van der Waals surface area contributed by atoms with E-state index in [4.69, 9.17) is 5.73 Å². The maximum absolute atomic E-state index is 14.7. The molecular weight excluding hydrogens is 371 g/mol. The third kappa shape index (κ3) is 3.94. The fourth-order valence-corrected chi connectivity index (χ4v) is 3.42. The first-order chi connectivity index (χ1) is 14.0. The predicted octanol–water partition coefficient (Wildman–Crippen LogP) is 3.41. The second-order valence-electron chi connectivity index (χ2n) is 6.89. The molecule has 0 fully saturated rings. The van der Waals surface area contributed by atoms with Gasteiger partial charge in [-0.2, -0.15) is 0 Å². The monoisotopic (exact) mass is 390 g/mol. The number of carbonyl (C=O) groups is 2. The van der Waals surface area contributed by atoms with Crippen molar-refractivity contribution >= 4 is 23.2 Å². The minimum atomic E-state index is -0.739. The van der Waals surface area contributed by atoms with E-state index >= 15 is 0 Å². The number of halogens is 1. The van der Waals surface area contributed by atoms with Gasteiger partial charge >= 0.3 is 0 Å². The van der Waals surface area contributed by atoms with E-state index in [9.17, 15) is 14.0 Å². The first-order valence-electron chi connectivity index (χ1n) is 9.20. The molecule has 1 aliphatic heterocycles. The topological polar surface area (TPSA) is 97.1 Å². The highest BCUT2D eigenvalue weighted by atomic mass is 19.1. The molecule has 29 heavy (non-hydrogen) atoms. The Hall–Kier alpha value is -3.74. The van der Waals surface area contributed by atoms with Crippen molar-refractivity contribution in [1.82, 2.24) is 4.98 Å². The second-order valence-corrected chi connectivity index (χ2v) is 6.89. The molecule has 7 heteroatoms. The summed E-state index contributed by atoms with van der Waals surface area (Å²) >= 11 is 0. The van der Waals surface area contributed by atoms with Gasteiger partial charge in [0.1, 0.15) is 11.9 Å². The number of amides is 2. The number of pyridine rings is 1. The molecule has 0 saturated heterocycles. The molecular formula is C22H19FN4O2. The van der Waals surface area contributed by atoms with Crippen molar-refractivity contribution < 1.29 is 14.0 Å². The number of nitrogens with one attached hydrogen (secondary N) is 2. The SMILES string of the molecule is NC(=O)C(Nc1cncc(-c2cc3c(cc2F)NC(=O)CC3)c1)c1ccccc1. The molecule has 0 radical (unpaired) electrons. The maximum Gasteiger partial charge on any atom is 0.244 e. The molecule has 2 aromatic carbocycles. The van der Waals surface area contributed by atoms with Crippen molar-refractivity contribution in [2.24, 2.45) is 5.73 Å². The van der Waals surface area contributed by atoms with Crippen LogP contribution in [0.25, 0.3) is 11.1 Å². The number of hydrogen-bond donors (Lipinski definition) is 3. The molecule has 4 N–H and O–H groups in total. The van der Waals surface area contributed by atoms with Gasteiger partial charge in [0.15, 0.2) is 0 Å². The number of fused-ring (bicyclic) bond motifs is 1. The van der Waals surface area contributed by atoms with Crippen molar-refractivity contribution in [3.63, 3.8) is 0 Å². The van der Waals surface area contributed by atoms with E-state index in [2.05, 4.69) is 15.6 Å². The summed E-state index contributed by atoms with van der Waals surface area (Å²) in [6.07, 6.45) is 4.03. The number of hydrogen-bond acceptors (Lipinski definition) is 4. The standard InChI is InChI=1S/C22H19FN4O2/c23-18-10-19-14(6-7-20(28)27-19)9-17(18)15-8-16(12-25-11-15)26-21(22(24)29)13-4-2-1-3-5-13/h1-5,8-12,21,26H,6-7H2,(H2,24,29)(H,27,28). The van der Waals surface area contributed by atoms with Crippen LogP contribution in [0.4, 0.5) is 15.8 Å². The second kappa shape index (κ2) is 7.71. The lowest BCUT2D eigenvalue weighted by Crippen LogP contribution is -2.27. The van der Waals surface area contributed by atoms with Gasteiger partial charge in [-0.05, 0) is 35.7 Å². The van der Waals surface area contributed by atoms with Crippen LogP contribution in [0.15, 0.2) is 60.9 Å². The van der Waals surface area contributed by atoms with E-state index in [-0.39, 0.29) is 5.91 Å². The van der Waals surface area contributed by atoms with Gasteiger partial charge in [-0.3, -0.25) is 14.6 Å². The number of benzene rings is 2. The number of nitrogens with two attached hydrogens (primary N) is 1. The molecule has 3 aromatic rings. The largest absolute Gasteiger partial charge is 0.369 e. The highest BCUT2D eigenvalue weighted by Crippen LogP contribution is 2.32. The van der Waals surface area contributed by atoms with Crippen LogP contribution in [0.3, 0.4) is 0 Å². The average Bonchev–Trinajstić information content (AvgIpc) is 2.72. The Kier molecular flexibility index (Phi) is 4.95. The number of carbonyl (C=O) groups excluding carboxylic acids is 2. The van der Waals surface area contributed by atoms with E-state index in [1.807, 2.05) is 18.2 Å².